The summed E-state index contributed by atoms with van der Waals surface area (Å²) in [7, 11) is 0. The molecule has 0 aliphatic heterocycles. The number of aliphatic hydroxyl groups is 1. The fraction of sp³-hybridized carbons (Fsp3) is 0.364. The van der Waals surface area contributed by atoms with Gasteiger partial charge in [-0.2, -0.15) is 0 Å². The van der Waals surface area contributed by atoms with Crippen molar-refractivity contribution in [2.45, 2.75) is 25.5 Å². The average molecular weight is 175 g/mol. The molecule has 0 amide bonds. The van der Waals surface area contributed by atoms with Crippen LogP contribution in [0.5, 0.6) is 0 Å². The molecule has 0 saturated carbocycles. The molecule has 1 aromatic rings. The van der Waals surface area contributed by atoms with Crippen molar-refractivity contribution < 1.29 is 5.11 Å². The van der Waals surface area contributed by atoms with Crippen LogP contribution in [0.1, 0.15) is 18.9 Å². The first-order chi connectivity index (χ1) is 6.14. The second-order valence-corrected chi connectivity index (χ2v) is 3.31. The van der Waals surface area contributed by atoms with Gasteiger partial charge in [0.15, 0.2) is 0 Å². The molecule has 0 aromatic heterocycles. The fourth-order valence-electron chi connectivity index (χ4n) is 1.08. The molecular formula is C11H13NO. The Bertz CT molecular complexity index is 298. The fourth-order valence-corrected chi connectivity index (χ4v) is 1.08. The highest BCUT2D eigenvalue weighted by atomic mass is 16.3. The largest absolute Gasteiger partial charge is 0.332 e. The number of hydrogen-bond acceptors (Lipinski definition) is 1. The van der Waals surface area contributed by atoms with Gasteiger partial charge < -0.3 is 5.11 Å². The molecular weight excluding hydrogens is 162 g/mol. The number of benzene rings is 1. The van der Waals surface area contributed by atoms with E-state index in [1.807, 2.05) is 30.3 Å². The Kier molecular flexibility index (Phi) is 3.05. The third-order valence-electron chi connectivity index (χ3n) is 1.97. The average Bonchev–Trinajstić information content (AvgIpc) is 2.17. The van der Waals surface area contributed by atoms with Crippen molar-refractivity contribution in [3.05, 3.63) is 47.3 Å². The number of hydrogen-bond donors (Lipinski definition) is 1. The lowest BCUT2D eigenvalue weighted by atomic mass is 10.0. The molecule has 2 nitrogen and oxygen atoms in total. The summed E-state index contributed by atoms with van der Waals surface area (Å²) in [5.74, 6) is 0. The van der Waals surface area contributed by atoms with E-state index in [1.54, 1.807) is 6.92 Å². The van der Waals surface area contributed by atoms with Crippen LogP contribution in [0.2, 0.25) is 0 Å². The van der Waals surface area contributed by atoms with Crippen LogP contribution in [-0.2, 0) is 6.42 Å². The summed E-state index contributed by atoms with van der Waals surface area (Å²) in [4.78, 5) is 3.14. The molecule has 68 valence electrons. The summed E-state index contributed by atoms with van der Waals surface area (Å²) in [5.41, 5.74) is -0.0537. The van der Waals surface area contributed by atoms with Gasteiger partial charge in [0.25, 0.3) is 0 Å². The SMILES string of the molecule is [C-]#[N+]C(C)(O)CCc1ccccc1. The lowest BCUT2D eigenvalue weighted by molar-refractivity contribution is 0.0994. The molecule has 0 aliphatic carbocycles. The second-order valence-electron chi connectivity index (χ2n) is 3.31. The molecule has 1 rings (SSSR count). The topological polar surface area (TPSA) is 24.6 Å². The van der Waals surface area contributed by atoms with Crippen molar-refractivity contribution in [2.24, 2.45) is 0 Å². The first kappa shape index (κ1) is 9.76. The van der Waals surface area contributed by atoms with E-state index in [-0.39, 0.29) is 0 Å². The summed E-state index contributed by atoms with van der Waals surface area (Å²) in [6, 6.07) is 9.88. The number of nitrogens with zero attached hydrogens (tertiary/aromatic N) is 1. The maximum Gasteiger partial charge on any atom is 0.332 e. The molecule has 0 aliphatic rings. The summed E-state index contributed by atoms with van der Waals surface area (Å²) >= 11 is 0. The molecule has 0 fully saturated rings. The van der Waals surface area contributed by atoms with E-state index in [0.29, 0.717) is 6.42 Å². The highest BCUT2D eigenvalue weighted by molar-refractivity contribution is 5.15. The first-order valence-electron chi connectivity index (χ1n) is 4.29. The van der Waals surface area contributed by atoms with E-state index in [4.69, 9.17) is 6.57 Å². The Morgan fingerprint density at radius 3 is 2.54 bits per heavy atom. The Morgan fingerprint density at radius 2 is 2.00 bits per heavy atom. The summed E-state index contributed by atoms with van der Waals surface area (Å²) < 4.78 is 0. The van der Waals surface area contributed by atoms with Crippen LogP contribution in [0, 0.1) is 6.57 Å². The maximum atomic E-state index is 9.43. The van der Waals surface area contributed by atoms with Gasteiger partial charge in [0, 0.05) is 6.92 Å². The molecule has 1 aromatic carbocycles. The lowest BCUT2D eigenvalue weighted by Crippen LogP contribution is -2.19. The van der Waals surface area contributed by atoms with Crippen LogP contribution in [-0.4, -0.2) is 10.8 Å². The second kappa shape index (κ2) is 4.06. The Balaban J connectivity index is 2.50. The Labute approximate surface area is 78.7 Å². The van der Waals surface area contributed by atoms with Gasteiger partial charge in [-0.15, -0.1) is 0 Å². The van der Waals surface area contributed by atoms with Gasteiger partial charge in [-0.05, 0) is 12.0 Å². The van der Waals surface area contributed by atoms with Crippen LogP contribution in [0.15, 0.2) is 30.3 Å². The van der Waals surface area contributed by atoms with E-state index < -0.39 is 5.72 Å². The number of rotatable bonds is 3. The van der Waals surface area contributed by atoms with Crippen molar-refractivity contribution in [1.29, 1.82) is 0 Å². The molecule has 1 unspecified atom stereocenters. The lowest BCUT2D eigenvalue weighted by Gasteiger charge is -2.08. The van der Waals surface area contributed by atoms with Gasteiger partial charge in [0.1, 0.15) is 0 Å². The van der Waals surface area contributed by atoms with Gasteiger partial charge in [-0.3, -0.25) is 4.85 Å². The van der Waals surface area contributed by atoms with Crippen molar-refractivity contribution in [2.75, 3.05) is 0 Å². The smallest absolute Gasteiger partial charge is 0.324 e. The van der Waals surface area contributed by atoms with Crippen molar-refractivity contribution in [3.8, 4) is 0 Å². The zero-order chi connectivity index (χ0) is 9.73. The molecule has 0 radical (unpaired) electrons. The third-order valence-corrected chi connectivity index (χ3v) is 1.97. The molecule has 0 bridgehead atoms. The summed E-state index contributed by atoms with van der Waals surface area (Å²) in [6.45, 7) is 8.29. The predicted molar refractivity (Wildman–Crippen MR) is 52.0 cm³/mol. The van der Waals surface area contributed by atoms with Crippen LogP contribution >= 0.6 is 0 Å². The Morgan fingerprint density at radius 1 is 1.38 bits per heavy atom. The van der Waals surface area contributed by atoms with E-state index in [2.05, 4.69) is 4.85 Å². The van der Waals surface area contributed by atoms with Crippen LogP contribution in [0.4, 0.5) is 0 Å². The van der Waals surface area contributed by atoms with Crippen LogP contribution < -0.4 is 0 Å². The van der Waals surface area contributed by atoms with E-state index in [0.717, 1.165) is 12.0 Å². The van der Waals surface area contributed by atoms with Crippen LogP contribution in [0.25, 0.3) is 4.85 Å². The molecule has 1 atom stereocenters. The van der Waals surface area contributed by atoms with E-state index in [9.17, 15) is 5.11 Å². The molecule has 0 spiro atoms. The molecule has 0 saturated heterocycles. The normalized spacial score (nSPS) is 14.5. The van der Waals surface area contributed by atoms with Gasteiger partial charge in [0.05, 0.1) is 6.42 Å². The molecule has 2 heteroatoms. The van der Waals surface area contributed by atoms with Crippen molar-refractivity contribution >= 4 is 0 Å². The molecule has 0 heterocycles. The zero-order valence-corrected chi connectivity index (χ0v) is 7.70. The third kappa shape index (κ3) is 3.27. The predicted octanol–water partition coefficient (Wildman–Crippen LogP) is 2.25. The quantitative estimate of drug-likeness (QED) is 0.700. The monoisotopic (exact) mass is 175 g/mol. The minimum atomic E-state index is -1.21. The van der Waals surface area contributed by atoms with Gasteiger partial charge in [-0.25, -0.2) is 6.57 Å². The Hall–Kier alpha value is -1.33. The van der Waals surface area contributed by atoms with Crippen molar-refractivity contribution in [3.63, 3.8) is 0 Å². The van der Waals surface area contributed by atoms with Gasteiger partial charge in [0.2, 0.25) is 0 Å². The molecule has 13 heavy (non-hydrogen) atoms. The first-order valence-corrected chi connectivity index (χ1v) is 4.29. The highest BCUT2D eigenvalue weighted by Gasteiger charge is 2.24. The number of aryl methyl sites for hydroxylation is 1. The van der Waals surface area contributed by atoms with Crippen LogP contribution in [0.3, 0.4) is 0 Å². The summed E-state index contributed by atoms with van der Waals surface area (Å²) in [5, 5.41) is 9.43. The maximum absolute atomic E-state index is 9.43. The highest BCUT2D eigenvalue weighted by Crippen LogP contribution is 2.14. The van der Waals surface area contributed by atoms with Gasteiger partial charge in [-0.1, -0.05) is 30.3 Å². The standard InChI is InChI=1S/C11H13NO/c1-11(13,12-2)9-8-10-6-4-3-5-7-10/h3-7,13H,8-9H2,1H3. The molecule has 1 N–H and O–H groups in total. The minimum absolute atomic E-state index is 0.487. The van der Waals surface area contributed by atoms with Crippen molar-refractivity contribution in [1.82, 2.24) is 0 Å². The zero-order valence-electron chi connectivity index (χ0n) is 7.70. The van der Waals surface area contributed by atoms with E-state index >= 15 is 0 Å². The minimum Gasteiger partial charge on any atom is -0.324 e. The van der Waals surface area contributed by atoms with Gasteiger partial charge >= 0.3 is 5.72 Å². The van der Waals surface area contributed by atoms with E-state index in [1.165, 1.54) is 0 Å². The summed E-state index contributed by atoms with van der Waals surface area (Å²) in [6.07, 6.45) is 1.23.